The second-order valence-corrected chi connectivity index (χ2v) is 8.63. The normalized spacial score (nSPS) is 12.4. The van der Waals surface area contributed by atoms with E-state index in [-0.39, 0.29) is 11.8 Å². The van der Waals surface area contributed by atoms with E-state index in [0.29, 0.717) is 22.0 Å². The molecule has 0 aliphatic heterocycles. The van der Waals surface area contributed by atoms with E-state index in [1.807, 2.05) is 11.4 Å². The minimum Gasteiger partial charge on any atom is -0.325 e. The molecule has 0 unspecified atom stereocenters. The lowest BCUT2D eigenvalue weighted by Crippen LogP contribution is -2.14. The summed E-state index contributed by atoms with van der Waals surface area (Å²) in [7, 11) is 0. The van der Waals surface area contributed by atoms with Crippen LogP contribution in [0.15, 0.2) is 64.9 Å². The van der Waals surface area contributed by atoms with Gasteiger partial charge >= 0.3 is 0 Å². The number of hydrogen-bond donors (Lipinski definition) is 2. The van der Waals surface area contributed by atoms with Gasteiger partial charge in [0.25, 0.3) is 5.91 Å². The van der Waals surface area contributed by atoms with Crippen molar-refractivity contribution < 1.29 is 9.59 Å². The molecule has 1 aromatic heterocycles. The molecule has 0 saturated carbocycles. The van der Waals surface area contributed by atoms with Gasteiger partial charge in [0.2, 0.25) is 5.91 Å². The van der Waals surface area contributed by atoms with E-state index < -0.39 is 0 Å². The minimum atomic E-state index is -0.127. The summed E-state index contributed by atoms with van der Waals surface area (Å²) in [6.45, 7) is 0. The van der Waals surface area contributed by atoms with Gasteiger partial charge in [-0.05, 0) is 78.2 Å². The fourth-order valence-corrected chi connectivity index (χ4v) is 4.60. The Bertz CT molecular complexity index is 982. The summed E-state index contributed by atoms with van der Waals surface area (Å²) < 4.78 is 0. The van der Waals surface area contributed by atoms with E-state index >= 15 is 0 Å². The Hall–Kier alpha value is -2.57. The highest BCUT2D eigenvalue weighted by molar-refractivity contribution is 8.00. The van der Waals surface area contributed by atoms with Crippen LogP contribution in [-0.2, 0) is 17.6 Å². The maximum Gasteiger partial charge on any atom is 0.265 e. The van der Waals surface area contributed by atoms with Crippen molar-refractivity contribution in [3.63, 3.8) is 0 Å². The third kappa shape index (κ3) is 4.64. The van der Waals surface area contributed by atoms with Crippen LogP contribution in [0, 0.1) is 0 Å². The molecular weight excluding hydrogens is 388 g/mol. The zero-order valence-corrected chi connectivity index (χ0v) is 16.9. The first-order valence-electron chi connectivity index (χ1n) is 9.17. The second-order valence-electron chi connectivity index (χ2n) is 6.63. The van der Waals surface area contributed by atoms with Gasteiger partial charge in [0, 0.05) is 16.3 Å². The Morgan fingerprint density at radius 3 is 2.43 bits per heavy atom. The Labute approximate surface area is 172 Å². The molecule has 6 heteroatoms. The van der Waals surface area contributed by atoms with Crippen LogP contribution < -0.4 is 10.6 Å². The summed E-state index contributed by atoms with van der Waals surface area (Å²) in [5.74, 6) is 0.203. The van der Waals surface area contributed by atoms with E-state index in [4.69, 9.17) is 0 Å². The number of fused-ring (bicyclic) bond motifs is 1. The van der Waals surface area contributed by atoms with Gasteiger partial charge in [-0.25, -0.2) is 0 Å². The predicted octanol–water partition coefficient (Wildman–Crippen LogP) is 5.22. The number of carbonyl (C=O) groups excluding carboxylic acids is 2. The Morgan fingerprint density at radius 1 is 0.929 bits per heavy atom. The molecule has 0 bridgehead atoms. The molecule has 0 radical (unpaired) electrons. The SMILES string of the molecule is O=C(CSc1ccc2c(c1)CCC2)Nc1ccc(NC(=O)c2cccs2)cc1. The van der Waals surface area contributed by atoms with E-state index in [1.165, 1.54) is 35.3 Å². The quantitative estimate of drug-likeness (QED) is 0.550. The van der Waals surface area contributed by atoms with Crippen LogP contribution in [0.5, 0.6) is 0 Å². The second kappa shape index (κ2) is 8.63. The molecule has 1 aliphatic rings. The summed E-state index contributed by atoms with van der Waals surface area (Å²) in [6, 6.07) is 17.3. The summed E-state index contributed by atoms with van der Waals surface area (Å²) in [4.78, 5) is 26.1. The Kier molecular flexibility index (Phi) is 5.78. The number of anilines is 2. The highest BCUT2D eigenvalue weighted by Crippen LogP contribution is 2.27. The highest BCUT2D eigenvalue weighted by Gasteiger charge is 2.12. The lowest BCUT2D eigenvalue weighted by Gasteiger charge is -2.08. The molecular formula is C22H20N2O2S2. The monoisotopic (exact) mass is 408 g/mol. The minimum absolute atomic E-state index is 0.0409. The number of thioether (sulfide) groups is 1. The fourth-order valence-electron chi connectivity index (χ4n) is 3.22. The fraction of sp³-hybridized carbons (Fsp3) is 0.182. The molecule has 2 aromatic carbocycles. The van der Waals surface area contributed by atoms with Crippen molar-refractivity contribution in [3.05, 3.63) is 76.0 Å². The van der Waals surface area contributed by atoms with Crippen LogP contribution in [0.3, 0.4) is 0 Å². The summed E-state index contributed by atoms with van der Waals surface area (Å²) >= 11 is 2.96. The molecule has 0 spiro atoms. The number of aryl methyl sites for hydroxylation is 2. The third-order valence-electron chi connectivity index (χ3n) is 4.61. The molecule has 2 N–H and O–H groups in total. The Morgan fingerprint density at radius 2 is 1.68 bits per heavy atom. The first kappa shape index (κ1) is 18.8. The lowest BCUT2D eigenvalue weighted by molar-refractivity contribution is -0.113. The van der Waals surface area contributed by atoms with Crippen molar-refractivity contribution in [2.24, 2.45) is 0 Å². The van der Waals surface area contributed by atoms with E-state index in [2.05, 4.69) is 28.8 Å². The van der Waals surface area contributed by atoms with Crippen LogP contribution in [0.25, 0.3) is 0 Å². The molecule has 28 heavy (non-hydrogen) atoms. The first-order chi connectivity index (χ1) is 13.7. The van der Waals surface area contributed by atoms with Crippen molar-refractivity contribution in [3.8, 4) is 0 Å². The lowest BCUT2D eigenvalue weighted by atomic mass is 10.1. The summed E-state index contributed by atoms with van der Waals surface area (Å²) in [6.07, 6.45) is 3.55. The molecule has 4 nitrogen and oxygen atoms in total. The van der Waals surface area contributed by atoms with Crippen molar-refractivity contribution in [1.82, 2.24) is 0 Å². The largest absolute Gasteiger partial charge is 0.325 e. The molecule has 0 saturated heterocycles. The molecule has 0 fully saturated rings. The van der Waals surface area contributed by atoms with Gasteiger partial charge in [-0.3, -0.25) is 9.59 Å². The average Bonchev–Trinajstić information content (AvgIpc) is 3.39. The molecule has 2 amide bonds. The van der Waals surface area contributed by atoms with Crippen molar-refractivity contribution in [1.29, 1.82) is 0 Å². The van der Waals surface area contributed by atoms with Crippen LogP contribution >= 0.6 is 23.1 Å². The maximum absolute atomic E-state index is 12.2. The topological polar surface area (TPSA) is 58.2 Å². The van der Waals surface area contributed by atoms with E-state index in [9.17, 15) is 9.59 Å². The van der Waals surface area contributed by atoms with Gasteiger partial charge < -0.3 is 10.6 Å². The predicted molar refractivity (Wildman–Crippen MR) is 117 cm³/mol. The number of rotatable bonds is 6. The number of carbonyl (C=O) groups is 2. The number of thiophene rings is 1. The summed E-state index contributed by atoms with van der Waals surface area (Å²) in [5.41, 5.74) is 4.28. The molecule has 0 atom stereocenters. The number of hydrogen-bond acceptors (Lipinski definition) is 4. The standard InChI is InChI=1S/C22H20N2O2S2/c25-21(14-28-19-11-6-15-3-1-4-16(15)13-19)23-17-7-9-18(10-8-17)24-22(26)20-5-2-12-27-20/h2,5-13H,1,3-4,14H2,(H,23,25)(H,24,26). The Balaban J connectivity index is 1.28. The van der Waals surface area contributed by atoms with Crippen LogP contribution in [0.2, 0.25) is 0 Å². The zero-order valence-electron chi connectivity index (χ0n) is 15.2. The van der Waals surface area contributed by atoms with E-state index in [0.717, 1.165) is 11.3 Å². The smallest absolute Gasteiger partial charge is 0.265 e. The zero-order chi connectivity index (χ0) is 19.3. The van der Waals surface area contributed by atoms with Gasteiger partial charge in [-0.15, -0.1) is 23.1 Å². The average molecular weight is 409 g/mol. The van der Waals surface area contributed by atoms with Gasteiger partial charge in [-0.1, -0.05) is 12.1 Å². The van der Waals surface area contributed by atoms with Crippen LogP contribution in [0.1, 0.15) is 27.2 Å². The van der Waals surface area contributed by atoms with Gasteiger partial charge in [-0.2, -0.15) is 0 Å². The first-order valence-corrected chi connectivity index (χ1v) is 11.0. The van der Waals surface area contributed by atoms with Gasteiger partial charge in [0.1, 0.15) is 0 Å². The number of benzene rings is 2. The number of amides is 2. The summed E-state index contributed by atoms with van der Waals surface area (Å²) in [5, 5.41) is 7.62. The molecule has 1 aliphatic carbocycles. The van der Waals surface area contributed by atoms with Crippen LogP contribution in [0.4, 0.5) is 11.4 Å². The van der Waals surface area contributed by atoms with Gasteiger partial charge in [0.05, 0.1) is 10.6 Å². The van der Waals surface area contributed by atoms with Crippen molar-refractivity contribution >= 4 is 46.3 Å². The van der Waals surface area contributed by atoms with E-state index in [1.54, 1.807) is 42.1 Å². The third-order valence-corrected chi connectivity index (χ3v) is 6.47. The molecule has 4 rings (SSSR count). The maximum atomic E-state index is 12.2. The van der Waals surface area contributed by atoms with Gasteiger partial charge in [0.15, 0.2) is 0 Å². The molecule has 1 heterocycles. The number of nitrogens with one attached hydrogen (secondary N) is 2. The molecule has 142 valence electrons. The highest BCUT2D eigenvalue weighted by atomic mass is 32.2. The molecule has 3 aromatic rings. The van der Waals surface area contributed by atoms with Crippen LogP contribution in [-0.4, -0.2) is 17.6 Å². The van der Waals surface area contributed by atoms with Crippen molar-refractivity contribution in [2.45, 2.75) is 24.2 Å². The van der Waals surface area contributed by atoms with Crippen molar-refractivity contribution in [2.75, 3.05) is 16.4 Å².